The molecule has 0 radical (unpaired) electrons. The summed E-state index contributed by atoms with van der Waals surface area (Å²) in [6.07, 6.45) is 3.39. The molecule has 1 heterocycles. The van der Waals surface area contributed by atoms with E-state index >= 15 is 0 Å². The highest BCUT2D eigenvalue weighted by atomic mass is 127. The fourth-order valence-corrected chi connectivity index (χ4v) is 3.21. The maximum Gasteiger partial charge on any atom is 0.191 e. The minimum atomic E-state index is 0. The Morgan fingerprint density at radius 3 is 2.43 bits per heavy atom. The van der Waals surface area contributed by atoms with Crippen LogP contribution in [0.4, 0.5) is 0 Å². The molecule has 4 nitrogen and oxygen atoms in total. The van der Waals surface area contributed by atoms with Gasteiger partial charge in [0.15, 0.2) is 5.96 Å². The van der Waals surface area contributed by atoms with Crippen LogP contribution < -0.4 is 10.6 Å². The third-order valence-electron chi connectivity index (χ3n) is 3.51. The van der Waals surface area contributed by atoms with Gasteiger partial charge in [0.25, 0.3) is 0 Å². The molecule has 0 saturated heterocycles. The number of aliphatic imine (C=N–C) groups is 1. The molecule has 0 fully saturated rings. The first kappa shape index (κ1) is 22.6. The van der Waals surface area contributed by atoms with Crippen LogP contribution in [0.2, 0.25) is 0 Å². The van der Waals surface area contributed by atoms with Crippen LogP contribution in [-0.4, -0.2) is 30.1 Å². The van der Waals surface area contributed by atoms with E-state index in [1.807, 2.05) is 0 Å². The van der Waals surface area contributed by atoms with Gasteiger partial charge in [-0.05, 0) is 46.5 Å². The van der Waals surface area contributed by atoms with Gasteiger partial charge in [-0.15, -0.1) is 35.3 Å². The second kappa shape index (κ2) is 12.1. The molecule has 134 valence electrons. The lowest BCUT2D eigenvalue weighted by Gasteiger charge is -2.18. The molecule has 0 spiro atoms. The number of thiazole rings is 1. The van der Waals surface area contributed by atoms with Crippen molar-refractivity contribution in [3.8, 4) is 0 Å². The van der Waals surface area contributed by atoms with Crippen molar-refractivity contribution in [3.05, 3.63) is 15.6 Å². The zero-order valence-electron chi connectivity index (χ0n) is 15.4. The molecule has 0 saturated carbocycles. The third kappa shape index (κ3) is 9.49. The number of guanidine groups is 1. The number of nitrogens with one attached hydrogen (secondary N) is 2. The Balaban J connectivity index is 0.00000484. The number of hydrogen-bond acceptors (Lipinski definition) is 3. The molecule has 2 N–H and O–H groups in total. The molecule has 23 heavy (non-hydrogen) atoms. The zero-order valence-corrected chi connectivity index (χ0v) is 18.5. The Kier molecular flexibility index (Phi) is 11.9. The van der Waals surface area contributed by atoms with Crippen LogP contribution in [0, 0.1) is 19.8 Å². The molecule has 0 bridgehead atoms. The van der Waals surface area contributed by atoms with Crippen LogP contribution in [-0.2, 0) is 6.42 Å². The van der Waals surface area contributed by atoms with Crippen molar-refractivity contribution in [2.75, 3.05) is 13.1 Å². The number of nitrogens with zero attached hydrogens (tertiary/aromatic N) is 2. The lowest BCUT2D eigenvalue weighted by Crippen LogP contribution is -2.42. The average Bonchev–Trinajstić information content (AvgIpc) is 2.75. The summed E-state index contributed by atoms with van der Waals surface area (Å²) >= 11 is 1.78. The second-order valence-corrected chi connectivity index (χ2v) is 7.56. The Labute approximate surface area is 163 Å². The lowest BCUT2D eigenvalue weighted by atomic mass is 10.0. The molecule has 1 aromatic heterocycles. The van der Waals surface area contributed by atoms with Gasteiger partial charge in [-0.3, -0.25) is 4.99 Å². The maximum absolute atomic E-state index is 4.70. The monoisotopic (exact) mass is 452 g/mol. The molecule has 0 aliphatic carbocycles. The van der Waals surface area contributed by atoms with Gasteiger partial charge in [0, 0.05) is 30.4 Å². The summed E-state index contributed by atoms with van der Waals surface area (Å²) in [7, 11) is 0. The number of rotatable bonds is 8. The second-order valence-electron chi connectivity index (χ2n) is 6.27. The van der Waals surface area contributed by atoms with Crippen molar-refractivity contribution >= 4 is 41.3 Å². The Morgan fingerprint density at radius 1 is 1.22 bits per heavy atom. The molecule has 0 aromatic carbocycles. The van der Waals surface area contributed by atoms with E-state index in [9.17, 15) is 0 Å². The fourth-order valence-electron chi connectivity index (χ4n) is 2.28. The topological polar surface area (TPSA) is 49.3 Å². The van der Waals surface area contributed by atoms with E-state index in [0.717, 1.165) is 42.1 Å². The first-order valence-corrected chi connectivity index (χ1v) is 9.21. The Bertz CT molecular complexity index is 471. The first-order valence-electron chi connectivity index (χ1n) is 8.40. The molecule has 0 amide bonds. The van der Waals surface area contributed by atoms with Crippen LogP contribution >= 0.6 is 35.3 Å². The summed E-state index contributed by atoms with van der Waals surface area (Å²) in [6.45, 7) is 14.7. The Hall–Kier alpha value is -0.370. The smallest absolute Gasteiger partial charge is 0.191 e. The summed E-state index contributed by atoms with van der Waals surface area (Å²) in [5.41, 5.74) is 1.15. The molecule has 0 aliphatic rings. The van der Waals surface area contributed by atoms with Crippen molar-refractivity contribution in [2.24, 2.45) is 10.9 Å². The SMILES string of the molecule is CCNC(=NCCc1sc(C)nc1C)NC(C)CCC(C)C.I. The highest BCUT2D eigenvalue weighted by molar-refractivity contribution is 14.0. The van der Waals surface area contributed by atoms with Gasteiger partial charge in [0.05, 0.1) is 10.7 Å². The van der Waals surface area contributed by atoms with E-state index in [4.69, 9.17) is 4.99 Å². The van der Waals surface area contributed by atoms with Gasteiger partial charge in [0.2, 0.25) is 0 Å². The van der Waals surface area contributed by atoms with Crippen molar-refractivity contribution < 1.29 is 0 Å². The number of aromatic nitrogens is 1. The number of halogens is 1. The summed E-state index contributed by atoms with van der Waals surface area (Å²) in [5.74, 6) is 1.68. The van der Waals surface area contributed by atoms with Gasteiger partial charge in [-0.2, -0.15) is 0 Å². The van der Waals surface area contributed by atoms with Gasteiger partial charge in [0.1, 0.15) is 0 Å². The number of hydrogen-bond donors (Lipinski definition) is 2. The largest absolute Gasteiger partial charge is 0.357 e. The maximum atomic E-state index is 4.70. The van der Waals surface area contributed by atoms with E-state index in [1.165, 1.54) is 17.7 Å². The standard InChI is InChI=1S/C17H32N4S.HI/c1-7-18-17(20-13(4)9-8-12(2)3)19-11-10-16-14(5)21-15(6)22-16;/h12-13H,7-11H2,1-6H3,(H2,18,19,20);1H. The van der Waals surface area contributed by atoms with Crippen LogP contribution in [0.15, 0.2) is 4.99 Å². The molecule has 1 atom stereocenters. The predicted octanol–water partition coefficient (Wildman–Crippen LogP) is 4.30. The summed E-state index contributed by atoms with van der Waals surface area (Å²) in [5, 5.41) is 7.98. The predicted molar refractivity (Wildman–Crippen MR) is 113 cm³/mol. The highest BCUT2D eigenvalue weighted by Gasteiger charge is 2.07. The molecular formula is C17H33IN4S. The van der Waals surface area contributed by atoms with Crippen molar-refractivity contribution in [1.82, 2.24) is 15.6 Å². The highest BCUT2D eigenvalue weighted by Crippen LogP contribution is 2.17. The molecule has 1 rings (SSSR count). The van der Waals surface area contributed by atoms with Crippen molar-refractivity contribution in [2.45, 2.75) is 66.8 Å². The van der Waals surface area contributed by atoms with Crippen molar-refractivity contribution in [3.63, 3.8) is 0 Å². The minimum Gasteiger partial charge on any atom is -0.357 e. The van der Waals surface area contributed by atoms with E-state index in [1.54, 1.807) is 11.3 Å². The van der Waals surface area contributed by atoms with Gasteiger partial charge >= 0.3 is 0 Å². The number of aryl methyl sites for hydroxylation is 2. The van der Waals surface area contributed by atoms with E-state index in [2.05, 4.69) is 57.2 Å². The Morgan fingerprint density at radius 2 is 1.91 bits per heavy atom. The molecular weight excluding hydrogens is 419 g/mol. The quantitative estimate of drug-likeness (QED) is 0.351. The molecule has 6 heteroatoms. The summed E-state index contributed by atoms with van der Waals surface area (Å²) in [4.78, 5) is 10.5. The first-order chi connectivity index (χ1) is 10.4. The fraction of sp³-hybridized carbons (Fsp3) is 0.765. The average molecular weight is 452 g/mol. The van der Waals surface area contributed by atoms with Crippen LogP contribution in [0.1, 0.15) is 56.1 Å². The van der Waals surface area contributed by atoms with Crippen LogP contribution in [0.5, 0.6) is 0 Å². The van der Waals surface area contributed by atoms with E-state index in [0.29, 0.717) is 6.04 Å². The molecule has 1 unspecified atom stereocenters. The normalized spacial score (nSPS) is 12.9. The van der Waals surface area contributed by atoms with Crippen molar-refractivity contribution in [1.29, 1.82) is 0 Å². The van der Waals surface area contributed by atoms with Gasteiger partial charge in [-0.25, -0.2) is 4.98 Å². The minimum absolute atomic E-state index is 0. The van der Waals surface area contributed by atoms with E-state index in [-0.39, 0.29) is 24.0 Å². The lowest BCUT2D eigenvalue weighted by molar-refractivity contribution is 0.489. The third-order valence-corrected chi connectivity index (χ3v) is 4.65. The summed E-state index contributed by atoms with van der Waals surface area (Å²) in [6, 6.07) is 0.451. The van der Waals surface area contributed by atoms with E-state index < -0.39 is 0 Å². The van der Waals surface area contributed by atoms with Gasteiger partial charge < -0.3 is 10.6 Å². The molecule has 0 aliphatic heterocycles. The summed E-state index contributed by atoms with van der Waals surface area (Å²) < 4.78 is 0. The van der Waals surface area contributed by atoms with Gasteiger partial charge in [-0.1, -0.05) is 13.8 Å². The van der Waals surface area contributed by atoms with Crippen LogP contribution in [0.25, 0.3) is 0 Å². The zero-order chi connectivity index (χ0) is 16.5. The van der Waals surface area contributed by atoms with Crippen LogP contribution in [0.3, 0.4) is 0 Å². The molecule has 1 aromatic rings.